The Morgan fingerprint density at radius 2 is 1.90 bits per heavy atom. The molecule has 0 aromatic carbocycles. The van der Waals surface area contributed by atoms with E-state index >= 15 is 0 Å². The van der Waals surface area contributed by atoms with Crippen molar-refractivity contribution in [2.75, 3.05) is 39.3 Å². The number of hydrogen-bond donors (Lipinski definition) is 1. The van der Waals surface area contributed by atoms with Crippen LogP contribution < -0.4 is 0 Å². The van der Waals surface area contributed by atoms with Gasteiger partial charge in [-0.25, -0.2) is 4.79 Å². The maximum atomic E-state index is 12.5. The topological polar surface area (TPSA) is 83.2 Å². The molecule has 4 rings (SSSR count). The molecule has 0 spiro atoms. The average molecular weight is 418 g/mol. The van der Waals surface area contributed by atoms with E-state index in [0.29, 0.717) is 24.8 Å². The molecule has 0 bridgehead atoms. The second-order valence-corrected chi connectivity index (χ2v) is 7.69. The van der Waals surface area contributed by atoms with Crippen LogP contribution in [0.5, 0.6) is 0 Å². The van der Waals surface area contributed by atoms with Crippen molar-refractivity contribution in [2.24, 2.45) is 11.8 Å². The molecular weight excluding hydrogens is 393 g/mol. The highest BCUT2D eigenvalue weighted by Gasteiger charge is 2.38. The van der Waals surface area contributed by atoms with Crippen LogP contribution in [-0.4, -0.2) is 78.4 Å². The van der Waals surface area contributed by atoms with Gasteiger partial charge in [0.25, 0.3) is 5.91 Å². The first-order chi connectivity index (χ1) is 13.7. The summed E-state index contributed by atoms with van der Waals surface area (Å²) in [7, 11) is 0. The van der Waals surface area contributed by atoms with Crippen LogP contribution in [0.25, 0.3) is 0 Å². The zero-order chi connectivity index (χ0) is 21.0. The Morgan fingerprint density at radius 3 is 2.48 bits per heavy atom. The lowest BCUT2D eigenvalue weighted by Crippen LogP contribution is -2.48. The summed E-state index contributed by atoms with van der Waals surface area (Å²) >= 11 is 0. The zero-order valence-electron chi connectivity index (χ0n) is 15.9. The third-order valence-corrected chi connectivity index (χ3v) is 5.40. The number of fused-ring (bicyclic) bond motifs is 1. The fraction of sp³-hybridized carbons (Fsp3) is 0.684. The van der Waals surface area contributed by atoms with Crippen LogP contribution in [0.2, 0.25) is 0 Å². The van der Waals surface area contributed by atoms with E-state index < -0.39 is 12.1 Å². The van der Waals surface area contributed by atoms with Crippen molar-refractivity contribution in [1.82, 2.24) is 9.80 Å². The molecule has 3 fully saturated rings. The van der Waals surface area contributed by atoms with Gasteiger partial charge >= 0.3 is 12.1 Å². The number of alkyl halides is 3. The Labute approximate surface area is 166 Å². The van der Waals surface area contributed by atoms with Crippen molar-refractivity contribution in [3.05, 3.63) is 24.2 Å². The van der Waals surface area contributed by atoms with E-state index in [4.69, 9.17) is 19.1 Å². The van der Waals surface area contributed by atoms with Gasteiger partial charge in [0.15, 0.2) is 5.76 Å². The lowest BCUT2D eigenvalue weighted by Gasteiger charge is -2.38. The van der Waals surface area contributed by atoms with Gasteiger partial charge in [-0.3, -0.25) is 4.79 Å². The molecule has 2 atom stereocenters. The van der Waals surface area contributed by atoms with E-state index in [9.17, 15) is 18.0 Å². The van der Waals surface area contributed by atoms with Gasteiger partial charge < -0.3 is 24.1 Å². The van der Waals surface area contributed by atoms with Crippen LogP contribution in [0.4, 0.5) is 13.2 Å². The molecule has 0 unspecified atom stereocenters. The van der Waals surface area contributed by atoms with E-state index in [-0.39, 0.29) is 12.0 Å². The number of carbonyl (C=O) groups is 2. The van der Waals surface area contributed by atoms with Gasteiger partial charge in [0.2, 0.25) is 0 Å². The van der Waals surface area contributed by atoms with E-state index in [1.807, 2.05) is 4.90 Å². The minimum Gasteiger partial charge on any atom is -0.475 e. The summed E-state index contributed by atoms with van der Waals surface area (Å²) < 4.78 is 43.1. The number of hydrogen-bond acceptors (Lipinski definition) is 5. The van der Waals surface area contributed by atoms with Crippen molar-refractivity contribution in [1.29, 1.82) is 0 Å². The Balaban J connectivity index is 0.000000298. The Morgan fingerprint density at radius 1 is 1.17 bits per heavy atom. The maximum absolute atomic E-state index is 12.5. The van der Waals surface area contributed by atoms with Crippen molar-refractivity contribution in [3.8, 4) is 0 Å². The molecule has 1 aromatic rings. The van der Waals surface area contributed by atoms with Gasteiger partial charge in [-0.05, 0) is 43.9 Å². The average Bonchev–Trinajstić information content (AvgIpc) is 3.35. The van der Waals surface area contributed by atoms with Crippen LogP contribution >= 0.6 is 0 Å². The highest BCUT2D eigenvalue weighted by molar-refractivity contribution is 5.91. The number of amides is 1. The molecule has 2 aliphatic heterocycles. The van der Waals surface area contributed by atoms with Gasteiger partial charge in [-0.1, -0.05) is 0 Å². The summed E-state index contributed by atoms with van der Waals surface area (Å²) in [5, 5.41) is 7.12. The van der Waals surface area contributed by atoms with E-state index in [1.165, 1.54) is 19.4 Å². The monoisotopic (exact) mass is 418 g/mol. The standard InChI is InChI=1S/C17H24N2O3.C2HF3O2/c20-17(15-2-1-8-21-15)19-7-9-22-16-12-18(10-13-3-4-13)6-5-14(16)11-19;3-2(4,5)1(6)7/h1-2,8,13-14,16H,3-7,9-12H2;(H,6,7)/t14-,16-;/m1./s1. The van der Waals surface area contributed by atoms with Crippen molar-refractivity contribution >= 4 is 11.9 Å². The molecule has 2 saturated heterocycles. The van der Waals surface area contributed by atoms with Crippen LogP contribution in [0, 0.1) is 11.8 Å². The number of carboxylic acid groups (broad SMARTS) is 1. The number of likely N-dealkylation sites (tertiary alicyclic amines) is 1. The molecule has 0 radical (unpaired) electrons. The summed E-state index contributed by atoms with van der Waals surface area (Å²) in [5.41, 5.74) is 0. The Hall–Kier alpha value is -2.07. The first-order valence-corrected chi connectivity index (χ1v) is 9.71. The summed E-state index contributed by atoms with van der Waals surface area (Å²) in [6, 6.07) is 3.50. The molecule has 1 saturated carbocycles. The summed E-state index contributed by atoms with van der Waals surface area (Å²) in [6.07, 6.45) is 0.676. The molecule has 3 heterocycles. The molecule has 162 valence electrons. The zero-order valence-corrected chi connectivity index (χ0v) is 15.9. The number of carbonyl (C=O) groups excluding carboxylic acids is 1. The number of carboxylic acids is 1. The SMILES string of the molecule is O=C(O)C(F)(F)F.O=C(c1ccco1)N1CCO[C@@H]2CN(CC3CC3)CC[C@@H]2C1. The van der Waals surface area contributed by atoms with Crippen molar-refractivity contribution in [3.63, 3.8) is 0 Å². The minimum absolute atomic E-state index is 0.00494. The van der Waals surface area contributed by atoms with Gasteiger partial charge in [-0.2, -0.15) is 13.2 Å². The van der Waals surface area contributed by atoms with Crippen LogP contribution in [0.15, 0.2) is 22.8 Å². The highest BCUT2D eigenvalue weighted by atomic mass is 19.4. The number of ether oxygens (including phenoxy) is 1. The van der Waals surface area contributed by atoms with E-state index in [0.717, 1.165) is 32.0 Å². The van der Waals surface area contributed by atoms with Crippen molar-refractivity contribution in [2.45, 2.75) is 31.5 Å². The van der Waals surface area contributed by atoms with Crippen LogP contribution in [0.3, 0.4) is 0 Å². The first kappa shape index (κ1) is 21.6. The predicted octanol–water partition coefficient (Wildman–Crippen LogP) is 2.49. The molecule has 1 N–H and O–H groups in total. The van der Waals surface area contributed by atoms with Crippen LogP contribution in [-0.2, 0) is 9.53 Å². The second-order valence-electron chi connectivity index (χ2n) is 7.69. The summed E-state index contributed by atoms with van der Waals surface area (Å²) in [4.78, 5) is 25.8. The third kappa shape index (κ3) is 6.20. The molecule has 10 heteroatoms. The largest absolute Gasteiger partial charge is 0.490 e. The van der Waals surface area contributed by atoms with Crippen LogP contribution in [0.1, 0.15) is 29.8 Å². The van der Waals surface area contributed by atoms with Crippen molar-refractivity contribution < 1.29 is 37.0 Å². The summed E-state index contributed by atoms with van der Waals surface area (Å²) in [5.74, 6) is -0.942. The molecule has 1 amide bonds. The molecular formula is C19H25F3N2O5. The lowest BCUT2D eigenvalue weighted by molar-refractivity contribution is -0.192. The van der Waals surface area contributed by atoms with E-state index in [1.54, 1.807) is 18.4 Å². The molecule has 1 aliphatic carbocycles. The number of halogens is 3. The third-order valence-electron chi connectivity index (χ3n) is 5.40. The fourth-order valence-electron chi connectivity index (χ4n) is 3.69. The Kier molecular flexibility index (Phi) is 6.84. The maximum Gasteiger partial charge on any atom is 0.490 e. The number of rotatable bonds is 3. The first-order valence-electron chi connectivity index (χ1n) is 9.71. The fourth-order valence-corrected chi connectivity index (χ4v) is 3.69. The van der Waals surface area contributed by atoms with E-state index in [2.05, 4.69) is 4.90 Å². The number of piperidine rings is 1. The van der Waals surface area contributed by atoms with Gasteiger partial charge in [0, 0.05) is 32.1 Å². The quantitative estimate of drug-likeness (QED) is 0.812. The highest BCUT2D eigenvalue weighted by Crippen LogP contribution is 2.32. The number of furan rings is 1. The molecule has 3 aliphatic rings. The molecule has 7 nitrogen and oxygen atoms in total. The number of nitrogens with zero attached hydrogens (tertiary/aromatic N) is 2. The normalized spacial score (nSPS) is 25.4. The minimum atomic E-state index is -5.08. The Bertz CT molecular complexity index is 691. The smallest absolute Gasteiger partial charge is 0.475 e. The number of aliphatic carboxylic acids is 1. The predicted molar refractivity (Wildman–Crippen MR) is 95.3 cm³/mol. The van der Waals surface area contributed by atoms with Gasteiger partial charge in [-0.15, -0.1) is 0 Å². The van der Waals surface area contributed by atoms with Gasteiger partial charge in [0.1, 0.15) is 0 Å². The molecule has 29 heavy (non-hydrogen) atoms. The lowest BCUT2D eigenvalue weighted by atomic mass is 9.93. The summed E-state index contributed by atoms with van der Waals surface area (Å²) in [6.45, 7) is 5.50. The van der Waals surface area contributed by atoms with Gasteiger partial charge in [0.05, 0.1) is 19.0 Å². The second kappa shape index (κ2) is 9.17. The molecule has 1 aromatic heterocycles.